The molecule has 0 aliphatic rings. The van der Waals surface area contributed by atoms with Gasteiger partial charge in [0.25, 0.3) is 0 Å². The molecular formula is C14H27NO2SSi. The molecular weight excluding hydrogens is 274 g/mol. The minimum atomic E-state index is -1.48. The van der Waals surface area contributed by atoms with Crippen molar-refractivity contribution in [2.24, 2.45) is 0 Å². The maximum atomic E-state index is 9.60. The van der Waals surface area contributed by atoms with Crippen molar-refractivity contribution >= 4 is 26.4 Å². The summed E-state index contributed by atoms with van der Waals surface area (Å²) in [5.74, 6) is 0. The molecule has 0 heterocycles. The maximum Gasteiger partial charge on any atom is 0.108 e. The number of aliphatic hydroxyl groups is 2. The molecule has 1 unspecified atom stereocenters. The summed E-state index contributed by atoms with van der Waals surface area (Å²) in [5, 5.41) is 27.9. The molecule has 19 heavy (non-hydrogen) atoms. The van der Waals surface area contributed by atoms with Crippen LogP contribution in [0.1, 0.15) is 58.3 Å². The zero-order chi connectivity index (χ0) is 14.7. The van der Waals surface area contributed by atoms with Crippen LogP contribution in [0.2, 0.25) is 6.55 Å². The molecule has 0 aliphatic carbocycles. The summed E-state index contributed by atoms with van der Waals surface area (Å²) >= 11 is 4.46. The molecule has 0 aliphatic heterocycles. The van der Waals surface area contributed by atoms with Gasteiger partial charge in [-0.3, -0.25) is 0 Å². The van der Waals surface area contributed by atoms with Crippen molar-refractivity contribution in [1.82, 2.24) is 0 Å². The first-order valence-corrected chi connectivity index (χ1v) is 9.60. The highest BCUT2D eigenvalue weighted by Gasteiger charge is 2.30. The molecule has 0 radical (unpaired) electrons. The highest BCUT2D eigenvalue weighted by Crippen LogP contribution is 2.23. The van der Waals surface area contributed by atoms with Gasteiger partial charge < -0.3 is 10.2 Å². The average Bonchev–Trinajstić information content (AvgIpc) is 2.44. The number of hydrogen-bond acceptors (Lipinski definition) is 4. The Kier molecular flexibility index (Phi) is 10.3. The summed E-state index contributed by atoms with van der Waals surface area (Å²) in [4.78, 5) is 0. The molecule has 2 N–H and O–H groups in total. The number of hydrogen-bond donors (Lipinski definition) is 3. The number of rotatable bonds is 10. The minimum absolute atomic E-state index is 0.0458. The number of nitrogens with zero attached hydrogens (tertiary/aromatic N) is 1. The van der Waals surface area contributed by atoms with Gasteiger partial charge in [0, 0.05) is 0 Å². The monoisotopic (exact) mass is 301 g/mol. The van der Waals surface area contributed by atoms with Crippen molar-refractivity contribution in [3.8, 4) is 6.07 Å². The Morgan fingerprint density at radius 3 is 2.21 bits per heavy atom. The fourth-order valence-electron chi connectivity index (χ4n) is 2.02. The van der Waals surface area contributed by atoms with Crippen LogP contribution in [0.5, 0.6) is 0 Å². The van der Waals surface area contributed by atoms with E-state index in [1.165, 1.54) is 32.1 Å². The molecule has 0 saturated heterocycles. The first-order chi connectivity index (χ1) is 9.01. The van der Waals surface area contributed by atoms with Crippen molar-refractivity contribution in [2.45, 2.75) is 69.2 Å². The predicted molar refractivity (Wildman–Crippen MR) is 85.6 cm³/mol. The van der Waals surface area contributed by atoms with Crippen molar-refractivity contribution in [2.75, 3.05) is 6.61 Å². The van der Waals surface area contributed by atoms with Gasteiger partial charge in [0.2, 0.25) is 0 Å². The third-order valence-corrected chi connectivity index (χ3v) is 7.49. The molecule has 0 rings (SSSR count). The minimum Gasteiger partial charge on any atom is -0.516 e. The van der Waals surface area contributed by atoms with Gasteiger partial charge in [-0.15, -0.1) is 0 Å². The molecule has 5 heteroatoms. The summed E-state index contributed by atoms with van der Waals surface area (Å²) in [6, 6.07) is 2.22. The summed E-state index contributed by atoms with van der Waals surface area (Å²) < 4.78 is -0.777. The second kappa shape index (κ2) is 10.5. The van der Waals surface area contributed by atoms with Crippen LogP contribution in [0.25, 0.3) is 0 Å². The van der Waals surface area contributed by atoms with Gasteiger partial charge in [-0.25, -0.2) is 0 Å². The van der Waals surface area contributed by atoms with Crippen LogP contribution in [0.4, 0.5) is 0 Å². The van der Waals surface area contributed by atoms with E-state index in [1.807, 2.05) is 6.55 Å². The van der Waals surface area contributed by atoms with Gasteiger partial charge in [-0.1, -0.05) is 58.4 Å². The molecule has 0 aromatic heterocycles. The van der Waals surface area contributed by atoms with Crippen LogP contribution < -0.4 is 0 Å². The number of nitriles is 1. The normalized spacial score (nSPS) is 15.5. The van der Waals surface area contributed by atoms with E-state index >= 15 is 0 Å². The van der Waals surface area contributed by atoms with E-state index in [4.69, 9.17) is 5.11 Å². The molecule has 110 valence electrons. The fourth-order valence-corrected chi connectivity index (χ4v) is 4.00. The van der Waals surface area contributed by atoms with Gasteiger partial charge >= 0.3 is 0 Å². The molecule has 1 atom stereocenters. The van der Waals surface area contributed by atoms with Crippen LogP contribution in [-0.4, -0.2) is 35.0 Å². The second-order valence-corrected chi connectivity index (χ2v) is 8.94. The summed E-state index contributed by atoms with van der Waals surface area (Å²) in [5.41, 5.74) is 0. The second-order valence-electron chi connectivity index (χ2n) is 5.07. The standard InChI is InChI=1S/C14H27NO2SSi/c1-3-4-5-6-7-8-9-10-14(18,12-15)19(2)13(17)11-16/h16-18H,3-11H2,1-2H3/b19-13-. The quantitative estimate of drug-likeness (QED) is 0.330. The summed E-state index contributed by atoms with van der Waals surface area (Å²) in [6.07, 6.45) is 9.08. The Morgan fingerprint density at radius 2 is 1.74 bits per heavy atom. The Morgan fingerprint density at radius 1 is 1.21 bits per heavy atom. The van der Waals surface area contributed by atoms with Gasteiger partial charge in [0.1, 0.15) is 4.37 Å². The summed E-state index contributed by atoms with van der Waals surface area (Å²) in [6.45, 7) is 3.69. The number of aliphatic hydroxyl groups excluding tert-OH is 2. The lowest BCUT2D eigenvalue weighted by molar-refractivity contribution is 0.331. The lowest BCUT2D eigenvalue weighted by atomic mass is 10.1. The van der Waals surface area contributed by atoms with Gasteiger partial charge in [-0.2, -0.15) is 17.9 Å². The Bertz CT molecular complexity index is 328. The van der Waals surface area contributed by atoms with Crippen LogP contribution in [-0.2, 0) is 0 Å². The lowest BCUT2D eigenvalue weighted by Gasteiger charge is -2.21. The Labute approximate surface area is 124 Å². The SMILES string of the molecule is CCCCCCCCCC(S)(C#N)/[Si](C)=C(\O)CO. The van der Waals surface area contributed by atoms with Crippen molar-refractivity contribution < 1.29 is 10.2 Å². The molecule has 3 nitrogen and oxygen atoms in total. The van der Waals surface area contributed by atoms with Crippen molar-refractivity contribution in [1.29, 1.82) is 5.26 Å². The molecule has 0 saturated carbocycles. The fraction of sp³-hybridized carbons (Fsp3) is 0.857. The van der Waals surface area contributed by atoms with E-state index in [0.29, 0.717) is 6.42 Å². The van der Waals surface area contributed by atoms with Crippen LogP contribution in [0, 0.1) is 11.3 Å². The number of unbranched alkanes of at least 4 members (excludes halogenated alkanes) is 6. The average molecular weight is 302 g/mol. The van der Waals surface area contributed by atoms with E-state index in [1.54, 1.807) is 0 Å². The van der Waals surface area contributed by atoms with Crippen LogP contribution >= 0.6 is 12.6 Å². The van der Waals surface area contributed by atoms with Crippen LogP contribution in [0.15, 0.2) is 0 Å². The zero-order valence-corrected chi connectivity index (χ0v) is 14.0. The molecule has 0 fully saturated rings. The smallest absolute Gasteiger partial charge is 0.108 e. The van der Waals surface area contributed by atoms with E-state index < -0.39 is 12.8 Å². The molecule has 0 aromatic rings. The van der Waals surface area contributed by atoms with Crippen molar-refractivity contribution in [3.05, 3.63) is 0 Å². The third kappa shape index (κ3) is 7.14. The van der Waals surface area contributed by atoms with E-state index in [-0.39, 0.29) is 12.0 Å². The molecule has 0 amide bonds. The third-order valence-electron chi connectivity index (χ3n) is 3.53. The topological polar surface area (TPSA) is 64.2 Å². The highest BCUT2D eigenvalue weighted by molar-refractivity contribution is 7.84. The zero-order valence-electron chi connectivity index (χ0n) is 12.2. The Balaban J connectivity index is 4.11. The first kappa shape index (κ1) is 18.7. The molecule has 0 spiro atoms. The maximum absolute atomic E-state index is 9.60. The van der Waals surface area contributed by atoms with Gasteiger partial charge in [0.05, 0.1) is 26.4 Å². The van der Waals surface area contributed by atoms with E-state index in [9.17, 15) is 10.4 Å². The predicted octanol–water partition coefficient (Wildman–Crippen LogP) is 3.06. The Hall–Kier alpha value is -0.313. The molecule has 0 bridgehead atoms. The lowest BCUT2D eigenvalue weighted by Crippen LogP contribution is -2.37. The van der Waals surface area contributed by atoms with Crippen molar-refractivity contribution in [3.63, 3.8) is 0 Å². The van der Waals surface area contributed by atoms with Gasteiger partial charge in [-0.05, 0) is 6.42 Å². The molecule has 0 aromatic carbocycles. The first-order valence-electron chi connectivity index (χ1n) is 7.15. The van der Waals surface area contributed by atoms with E-state index in [2.05, 4.69) is 25.6 Å². The number of thiol groups is 1. The van der Waals surface area contributed by atoms with Crippen LogP contribution in [0.3, 0.4) is 0 Å². The van der Waals surface area contributed by atoms with E-state index in [0.717, 1.165) is 12.8 Å². The van der Waals surface area contributed by atoms with Gasteiger partial charge in [0.15, 0.2) is 0 Å². The highest BCUT2D eigenvalue weighted by atomic mass is 32.1. The largest absolute Gasteiger partial charge is 0.516 e. The summed E-state index contributed by atoms with van der Waals surface area (Å²) in [7, 11) is -1.48.